The van der Waals surface area contributed by atoms with Crippen molar-refractivity contribution < 1.29 is 24.5 Å². The van der Waals surface area contributed by atoms with Crippen LogP contribution in [-0.4, -0.2) is 46.6 Å². The summed E-state index contributed by atoms with van der Waals surface area (Å²) in [4.78, 5) is 26.7. The van der Waals surface area contributed by atoms with E-state index in [0.29, 0.717) is 29.4 Å². The average molecular weight is 409 g/mol. The van der Waals surface area contributed by atoms with Gasteiger partial charge in [0.05, 0.1) is 24.8 Å². The number of ketones is 1. The number of likely N-dealkylation sites (tertiary alicyclic amines) is 1. The zero-order valence-electron chi connectivity index (χ0n) is 17.5. The summed E-state index contributed by atoms with van der Waals surface area (Å²) < 4.78 is 5.66. The SMILES string of the molecule is Cc1ccc([C@@H]2C(=C(O)c3ccc(OCC(C)C)cc3)C(=O)C(=O)N2CCO)cc1. The summed E-state index contributed by atoms with van der Waals surface area (Å²) in [6.07, 6.45) is 0. The highest BCUT2D eigenvalue weighted by Crippen LogP contribution is 2.39. The van der Waals surface area contributed by atoms with Gasteiger partial charge in [0.2, 0.25) is 0 Å². The summed E-state index contributed by atoms with van der Waals surface area (Å²) >= 11 is 0. The standard InChI is InChI=1S/C24H27NO5/c1-15(2)14-30-19-10-8-18(9-11-19)22(27)20-21(17-6-4-16(3)5-7-17)25(12-13-26)24(29)23(20)28/h4-11,15,21,26-27H,12-14H2,1-3H3/t21-/m1/s1. The van der Waals surface area contributed by atoms with Gasteiger partial charge in [-0.3, -0.25) is 9.59 Å². The minimum atomic E-state index is -0.758. The molecule has 0 radical (unpaired) electrons. The molecule has 158 valence electrons. The number of aryl methyl sites for hydroxylation is 1. The van der Waals surface area contributed by atoms with Crippen LogP contribution < -0.4 is 4.74 Å². The summed E-state index contributed by atoms with van der Waals surface area (Å²) in [6, 6.07) is 13.4. The number of Topliss-reactive ketones (excluding diaryl/α,β-unsaturated/α-hetero) is 1. The van der Waals surface area contributed by atoms with Gasteiger partial charge in [0.25, 0.3) is 11.7 Å². The van der Waals surface area contributed by atoms with Gasteiger partial charge in [-0.1, -0.05) is 43.7 Å². The second-order valence-corrected chi connectivity index (χ2v) is 7.86. The lowest BCUT2D eigenvalue weighted by Gasteiger charge is -2.24. The molecular formula is C24H27NO5. The molecular weight excluding hydrogens is 382 g/mol. The van der Waals surface area contributed by atoms with E-state index in [4.69, 9.17) is 4.74 Å². The molecule has 3 rings (SSSR count). The van der Waals surface area contributed by atoms with Crippen molar-refractivity contribution in [1.82, 2.24) is 4.90 Å². The van der Waals surface area contributed by atoms with E-state index >= 15 is 0 Å². The molecule has 30 heavy (non-hydrogen) atoms. The Morgan fingerprint density at radius 2 is 1.70 bits per heavy atom. The Hall–Kier alpha value is -3.12. The Kier molecular flexibility index (Phi) is 6.57. The third-order valence-corrected chi connectivity index (χ3v) is 4.99. The van der Waals surface area contributed by atoms with Crippen molar-refractivity contribution in [2.45, 2.75) is 26.8 Å². The molecule has 2 aromatic rings. The number of carbonyl (C=O) groups is 2. The van der Waals surface area contributed by atoms with Crippen LogP contribution in [0.15, 0.2) is 54.1 Å². The average Bonchev–Trinajstić information content (AvgIpc) is 2.98. The van der Waals surface area contributed by atoms with E-state index in [0.717, 1.165) is 5.56 Å². The quantitative estimate of drug-likeness (QED) is 0.416. The molecule has 6 nitrogen and oxygen atoms in total. The van der Waals surface area contributed by atoms with Crippen molar-refractivity contribution in [2.24, 2.45) is 5.92 Å². The third-order valence-electron chi connectivity index (χ3n) is 4.99. The maximum atomic E-state index is 12.8. The first-order chi connectivity index (χ1) is 14.3. The number of aliphatic hydroxyl groups excluding tert-OH is 2. The maximum absolute atomic E-state index is 12.8. The van der Waals surface area contributed by atoms with Gasteiger partial charge in [0.15, 0.2) is 0 Å². The van der Waals surface area contributed by atoms with E-state index in [9.17, 15) is 19.8 Å². The smallest absolute Gasteiger partial charge is 0.295 e. The van der Waals surface area contributed by atoms with Gasteiger partial charge in [-0.2, -0.15) is 0 Å². The Morgan fingerprint density at radius 1 is 1.07 bits per heavy atom. The van der Waals surface area contributed by atoms with Crippen molar-refractivity contribution in [1.29, 1.82) is 0 Å². The number of nitrogens with zero attached hydrogens (tertiary/aromatic N) is 1. The number of ether oxygens (including phenoxy) is 1. The van der Waals surface area contributed by atoms with Crippen LogP contribution in [0.25, 0.3) is 5.76 Å². The molecule has 0 bridgehead atoms. The van der Waals surface area contributed by atoms with Gasteiger partial charge in [0.1, 0.15) is 11.5 Å². The van der Waals surface area contributed by atoms with E-state index in [1.807, 2.05) is 31.2 Å². The highest BCUT2D eigenvalue weighted by atomic mass is 16.5. The molecule has 2 N–H and O–H groups in total. The Labute approximate surface area is 176 Å². The number of hydrogen-bond donors (Lipinski definition) is 2. The maximum Gasteiger partial charge on any atom is 0.295 e. The normalized spacial score (nSPS) is 18.3. The number of amides is 1. The second kappa shape index (κ2) is 9.13. The van der Waals surface area contributed by atoms with Gasteiger partial charge in [-0.15, -0.1) is 0 Å². The fraction of sp³-hybridized carbons (Fsp3) is 0.333. The zero-order chi connectivity index (χ0) is 21.8. The molecule has 0 saturated carbocycles. The molecule has 0 unspecified atom stereocenters. The lowest BCUT2D eigenvalue weighted by Crippen LogP contribution is -2.32. The van der Waals surface area contributed by atoms with Crippen molar-refractivity contribution in [2.75, 3.05) is 19.8 Å². The van der Waals surface area contributed by atoms with Crippen LogP contribution >= 0.6 is 0 Å². The predicted molar refractivity (Wildman–Crippen MR) is 114 cm³/mol. The molecule has 6 heteroatoms. The minimum absolute atomic E-state index is 0.00186. The minimum Gasteiger partial charge on any atom is -0.507 e. The van der Waals surface area contributed by atoms with E-state index in [2.05, 4.69) is 13.8 Å². The van der Waals surface area contributed by atoms with Crippen molar-refractivity contribution >= 4 is 17.4 Å². The first-order valence-corrected chi connectivity index (χ1v) is 10.0. The fourth-order valence-electron chi connectivity index (χ4n) is 3.44. The molecule has 1 saturated heterocycles. The van der Waals surface area contributed by atoms with Crippen LogP contribution in [0.4, 0.5) is 0 Å². The number of aliphatic hydroxyl groups is 2. The summed E-state index contributed by atoms with van der Waals surface area (Å²) in [5.41, 5.74) is 2.18. The number of rotatable bonds is 7. The van der Waals surface area contributed by atoms with Crippen LogP contribution in [0.1, 0.15) is 36.6 Å². The number of β-amino-alcohol motifs (C(OH)–C–C–N with tert-alkyl or cyclic N) is 1. The predicted octanol–water partition coefficient (Wildman–Crippen LogP) is 3.44. The van der Waals surface area contributed by atoms with Gasteiger partial charge >= 0.3 is 0 Å². The molecule has 1 aliphatic heterocycles. The van der Waals surface area contributed by atoms with Crippen LogP contribution in [-0.2, 0) is 9.59 Å². The first-order valence-electron chi connectivity index (χ1n) is 10.0. The molecule has 1 fully saturated rings. The highest BCUT2D eigenvalue weighted by Gasteiger charge is 2.45. The van der Waals surface area contributed by atoms with Crippen LogP contribution in [0.2, 0.25) is 0 Å². The largest absolute Gasteiger partial charge is 0.507 e. The van der Waals surface area contributed by atoms with Gasteiger partial charge < -0.3 is 19.8 Å². The highest BCUT2D eigenvalue weighted by molar-refractivity contribution is 6.46. The van der Waals surface area contributed by atoms with Crippen LogP contribution in [0, 0.1) is 12.8 Å². The Morgan fingerprint density at radius 3 is 2.27 bits per heavy atom. The summed E-state index contributed by atoms with van der Waals surface area (Å²) in [7, 11) is 0. The third kappa shape index (κ3) is 4.39. The second-order valence-electron chi connectivity index (χ2n) is 7.86. The van der Waals surface area contributed by atoms with E-state index < -0.39 is 17.7 Å². The van der Waals surface area contributed by atoms with Crippen molar-refractivity contribution in [3.05, 3.63) is 70.8 Å². The van der Waals surface area contributed by atoms with Gasteiger partial charge in [-0.05, 0) is 42.7 Å². The van der Waals surface area contributed by atoms with Crippen LogP contribution in [0.5, 0.6) is 5.75 Å². The van der Waals surface area contributed by atoms with Gasteiger partial charge in [-0.25, -0.2) is 0 Å². The lowest BCUT2D eigenvalue weighted by molar-refractivity contribution is -0.140. The zero-order valence-corrected chi connectivity index (χ0v) is 17.5. The first kappa shape index (κ1) is 21.6. The Bertz CT molecular complexity index is 945. The molecule has 0 aromatic heterocycles. The summed E-state index contributed by atoms with van der Waals surface area (Å²) in [5.74, 6) is -0.680. The van der Waals surface area contributed by atoms with Crippen molar-refractivity contribution in [3.63, 3.8) is 0 Å². The number of hydrogen-bond acceptors (Lipinski definition) is 5. The molecule has 1 amide bonds. The summed E-state index contributed by atoms with van der Waals surface area (Å²) in [6.45, 7) is 6.34. The number of carbonyl (C=O) groups excluding carboxylic acids is 2. The topological polar surface area (TPSA) is 87.1 Å². The molecule has 1 heterocycles. The molecule has 1 atom stereocenters. The lowest BCUT2D eigenvalue weighted by atomic mass is 9.94. The van der Waals surface area contributed by atoms with E-state index in [1.54, 1.807) is 24.3 Å². The van der Waals surface area contributed by atoms with E-state index in [-0.39, 0.29) is 24.5 Å². The van der Waals surface area contributed by atoms with Crippen LogP contribution in [0.3, 0.4) is 0 Å². The summed E-state index contributed by atoms with van der Waals surface area (Å²) in [5, 5.41) is 20.4. The molecule has 1 aliphatic rings. The van der Waals surface area contributed by atoms with Crippen molar-refractivity contribution in [3.8, 4) is 5.75 Å². The monoisotopic (exact) mass is 409 g/mol. The van der Waals surface area contributed by atoms with Gasteiger partial charge in [0, 0.05) is 12.1 Å². The van der Waals surface area contributed by atoms with E-state index in [1.165, 1.54) is 4.90 Å². The number of benzene rings is 2. The molecule has 0 spiro atoms. The fourth-order valence-corrected chi connectivity index (χ4v) is 3.44. The molecule has 0 aliphatic carbocycles. The molecule has 2 aromatic carbocycles. The Balaban J connectivity index is 2.02.